The third-order valence-electron chi connectivity index (χ3n) is 4.66. The summed E-state index contributed by atoms with van der Waals surface area (Å²) in [5.74, 6) is -3.81. The van der Waals surface area contributed by atoms with Crippen LogP contribution in [0.25, 0.3) is 0 Å². The van der Waals surface area contributed by atoms with Gasteiger partial charge in [0.25, 0.3) is 0 Å². The van der Waals surface area contributed by atoms with Gasteiger partial charge in [0, 0.05) is 28.4 Å². The predicted molar refractivity (Wildman–Crippen MR) is 106 cm³/mol. The van der Waals surface area contributed by atoms with Crippen LogP contribution in [0.4, 0.5) is 13.2 Å². The molecule has 3 rings (SSSR count). The Kier molecular flexibility index (Phi) is 6.19. The maximum atomic E-state index is 14.3. The summed E-state index contributed by atoms with van der Waals surface area (Å²) < 4.78 is 42.5. The van der Waals surface area contributed by atoms with E-state index in [0.717, 1.165) is 27.2 Å². The number of oxime groups is 1. The van der Waals surface area contributed by atoms with E-state index in [1.807, 2.05) is 55.5 Å². The molecule has 0 amide bonds. The first kappa shape index (κ1) is 20.1. The van der Waals surface area contributed by atoms with Gasteiger partial charge in [-0.2, -0.15) is 0 Å². The van der Waals surface area contributed by atoms with Crippen molar-refractivity contribution in [2.75, 3.05) is 0 Å². The lowest BCUT2D eigenvalue weighted by Crippen LogP contribution is -2.14. The highest BCUT2D eigenvalue weighted by molar-refractivity contribution is 9.10. The van der Waals surface area contributed by atoms with Gasteiger partial charge in [-0.3, -0.25) is 0 Å². The quantitative estimate of drug-likeness (QED) is 0.204. The number of rotatable bonds is 5. The smallest absolute Gasteiger partial charge is 0.168 e. The first-order valence-corrected chi connectivity index (χ1v) is 9.37. The van der Waals surface area contributed by atoms with Gasteiger partial charge in [-0.25, -0.2) is 13.2 Å². The summed E-state index contributed by atoms with van der Waals surface area (Å²) >= 11 is 3.40. The molecule has 28 heavy (non-hydrogen) atoms. The van der Waals surface area contributed by atoms with Crippen molar-refractivity contribution in [3.8, 4) is 0 Å². The molecule has 0 saturated carbocycles. The standard InChI is InChI=1S/C22H17BrF3NO/c1-13-4-2-3-5-17(13)18(14-6-8-15(23)9-7-14)12-21(27-28)19-10-16(24)11-20(25)22(19)26/h2-11,18,28H,12H2,1H3/b27-21+. The van der Waals surface area contributed by atoms with Crippen molar-refractivity contribution in [1.29, 1.82) is 0 Å². The summed E-state index contributed by atoms with van der Waals surface area (Å²) in [6.45, 7) is 1.94. The van der Waals surface area contributed by atoms with Gasteiger partial charge in [0.2, 0.25) is 0 Å². The number of nitrogens with zero attached hydrogens (tertiary/aromatic N) is 1. The molecular formula is C22H17BrF3NO. The molecule has 3 aromatic carbocycles. The highest BCUT2D eigenvalue weighted by Crippen LogP contribution is 2.33. The second-order valence-corrected chi connectivity index (χ2v) is 7.38. The normalized spacial score (nSPS) is 12.8. The van der Waals surface area contributed by atoms with Crippen LogP contribution in [-0.4, -0.2) is 10.9 Å². The average Bonchev–Trinajstić information content (AvgIpc) is 2.68. The van der Waals surface area contributed by atoms with Crippen molar-refractivity contribution in [3.63, 3.8) is 0 Å². The van der Waals surface area contributed by atoms with E-state index >= 15 is 0 Å². The second kappa shape index (κ2) is 8.61. The number of hydrogen-bond acceptors (Lipinski definition) is 2. The molecule has 1 unspecified atom stereocenters. The number of hydrogen-bond donors (Lipinski definition) is 1. The van der Waals surface area contributed by atoms with Crippen LogP contribution in [-0.2, 0) is 0 Å². The Morgan fingerprint density at radius 1 is 1.04 bits per heavy atom. The van der Waals surface area contributed by atoms with E-state index in [9.17, 15) is 18.4 Å². The monoisotopic (exact) mass is 447 g/mol. The lowest BCUT2D eigenvalue weighted by molar-refractivity contribution is 0.317. The van der Waals surface area contributed by atoms with Gasteiger partial charge in [-0.05, 0) is 41.8 Å². The maximum absolute atomic E-state index is 14.3. The van der Waals surface area contributed by atoms with Crippen LogP contribution < -0.4 is 0 Å². The summed E-state index contributed by atoms with van der Waals surface area (Å²) in [6.07, 6.45) is 0.0583. The topological polar surface area (TPSA) is 32.6 Å². The minimum Gasteiger partial charge on any atom is -0.411 e. The SMILES string of the molecule is Cc1ccccc1C(C/C(=N\O)c1cc(F)cc(F)c1F)c1ccc(Br)cc1. The van der Waals surface area contributed by atoms with E-state index in [1.165, 1.54) is 0 Å². The molecule has 0 aliphatic heterocycles. The Morgan fingerprint density at radius 2 is 1.71 bits per heavy atom. The molecule has 0 aliphatic rings. The van der Waals surface area contributed by atoms with Crippen molar-refractivity contribution in [1.82, 2.24) is 0 Å². The fourth-order valence-corrected chi connectivity index (χ4v) is 3.51. The fraction of sp³-hybridized carbons (Fsp3) is 0.136. The molecule has 1 atom stereocenters. The van der Waals surface area contributed by atoms with Gasteiger partial charge < -0.3 is 5.21 Å². The van der Waals surface area contributed by atoms with E-state index in [4.69, 9.17) is 0 Å². The number of benzene rings is 3. The third-order valence-corrected chi connectivity index (χ3v) is 5.19. The van der Waals surface area contributed by atoms with Gasteiger partial charge in [-0.1, -0.05) is 57.5 Å². The second-order valence-electron chi connectivity index (χ2n) is 6.46. The van der Waals surface area contributed by atoms with Crippen molar-refractivity contribution in [2.45, 2.75) is 19.3 Å². The molecule has 0 saturated heterocycles. The largest absolute Gasteiger partial charge is 0.411 e. The van der Waals surface area contributed by atoms with Gasteiger partial charge in [-0.15, -0.1) is 0 Å². The van der Waals surface area contributed by atoms with Gasteiger partial charge in [0.15, 0.2) is 11.6 Å². The molecular weight excluding hydrogens is 431 g/mol. The van der Waals surface area contributed by atoms with Crippen molar-refractivity contribution >= 4 is 21.6 Å². The van der Waals surface area contributed by atoms with E-state index in [0.29, 0.717) is 6.07 Å². The van der Waals surface area contributed by atoms with E-state index in [2.05, 4.69) is 21.1 Å². The molecule has 1 N–H and O–H groups in total. The predicted octanol–water partition coefficient (Wildman–Crippen LogP) is 6.58. The molecule has 0 spiro atoms. The van der Waals surface area contributed by atoms with Crippen molar-refractivity contribution < 1.29 is 18.4 Å². The zero-order valence-corrected chi connectivity index (χ0v) is 16.6. The van der Waals surface area contributed by atoms with Crippen LogP contribution in [0.15, 0.2) is 70.3 Å². The van der Waals surface area contributed by atoms with Crippen molar-refractivity contribution in [2.24, 2.45) is 5.16 Å². The summed E-state index contributed by atoms with van der Waals surface area (Å²) in [5.41, 5.74) is 2.32. The lowest BCUT2D eigenvalue weighted by atomic mass is 9.83. The third kappa shape index (κ3) is 4.28. The number of halogens is 4. The molecule has 0 heterocycles. The zero-order valence-electron chi connectivity index (χ0n) is 15.0. The summed E-state index contributed by atoms with van der Waals surface area (Å²) in [6, 6.07) is 16.5. The van der Waals surface area contributed by atoms with E-state index in [-0.39, 0.29) is 18.1 Å². The minimum absolute atomic E-state index is 0.0583. The zero-order chi connectivity index (χ0) is 20.3. The molecule has 0 radical (unpaired) electrons. The lowest BCUT2D eigenvalue weighted by Gasteiger charge is -2.21. The molecule has 0 fully saturated rings. The Balaban J connectivity index is 2.09. The van der Waals surface area contributed by atoms with Crippen LogP contribution in [0.3, 0.4) is 0 Å². The average molecular weight is 448 g/mol. The molecule has 144 valence electrons. The Labute approximate surface area is 169 Å². The van der Waals surface area contributed by atoms with Crippen LogP contribution in [0.1, 0.15) is 34.6 Å². The Morgan fingerprint density at radius 3 is 2.36 bits per heavy atom. The number of aryl methyl sites for hydroxylation is 1. The van der Waals surface area contributed by atoms with Crippen LogP contribution >= 0.6 is 15.9 Å². The Bertz CT molecular complexity index is 1020. The molecule has 2 nitrogen and oxygen atoms in total. The minimum atomic E-state index is -1.33. The van der Waals surface area contributed by atoms with Crippen LogP contribution in [0.5, 0.6) is 0 Å². The van der Waals surface area contributed by atoms with Gasteiger partial charge in [0.1, 0.15) is 5.82 Å². The maximum Gasteiger partial charge on any atom is 0.168 e. The highest BCUT2D eigenvalue weighted by atomic mass is 79.9. The molecule has 0 aromatic heterocycles. The van der Waals surface area contributed by atoms with Gasteiger partial charge in [0.05, 0.1) is 5.71 Å². The molecule has 0 bridgehead atoms. The molecule has 0 aliphatic carbocycles. The summed E-state index contributed by atoms with van der Waals surface area (Å²) in [4.78, 5) is 0. The summed E-state index contributed by atoms with van der Waals surface area (Å²) in [5, 5.41) is 12.7. The van der Waals surface area contributed by atoms with Gasteiger partial charge >= 0.3 is 0 Å². The first-order valence-electron chi connectivity index (χ1n) is 8.57. The van der Waals surface area contributed by atoms with Crippen molar-refractivity contribution in [3.05, 3.63) is 105 Å². The molecule has 6 heteroatoms. The Hall–Kier alpha value is -2.60. The summed E-state index contributed by atoms with van der Waals surface area (Å²) in [7, 11) is 0. The first-order chi connectivity index (χ1) is 13.4. The van der Waals surface area contributed by atoms with Crippen LogP contribution in [0, 0.1) is 24.4 Å². The van der Waals surface area contributed by atoms with E-state index < -0.39 is 23.0 Å². The fourth-order valence-electron chi connectivity index (χ4n) is 3.24. The highest BCUT2D eigenvalue weighted by Gasteiger charge is 2.23. The molecule has 3 aromatic rings. The van der Waals surface area contributed by atoms with Crippen LogP contribution in [0.2, 0.25) is 0 Å². The van der Waals surface area contributed by atoms with E-state index in [1.54, 1.807) is 0 Å².